The zero-order chi connectivity index (χ0) is 10.8. The standard InChI is InChI=1S/C12H13NO2/c1-13-7-6-10-8-9(2-4-11(10)13)3-5-12(14)15/h2-5,8H,6-7H2,1H3,(H,14,15). The quantitative estimate of drug-likeness (QED) is 0.745. The number of hydrogen-bond acceptors (Lipinski definition) is 2. The summed E-state index contributed by atoms with van der Waals surface area (Å²) in [4.78, 5) is 12.6. The number of benzene rings is 1. The van der Waals surface area contributed by atoms with E-state index in [1.807, 2.05) is 12.1 Å². The molecule has 0 spiro atoms. The fourth-order valence-corrected chi connectivity index (χ4v) is 1.86. The number of likely N-dealkylation sites (N-methyl/N-ethyl adjacent to an activating group) is 1. The molecule has 0 saturated carbocycles. The van der Waals surface area contributed by atoms with E-state index < -0.39 is 5.97 Å². The maximum Gasteiger partial charge on any atom is 0.328 e. The number of anilines is 1. The summed E-state index contributed by atoms with van der Waals surface area (Å²) in [5.74, 6) is -0.910. The third kappa shape index (κ3) is 2.01. The predicted molar refractivity (Wildman–Crippen MR) is 60.1 cm³/mol. The fraction of sp³-hybridized carbons (Fsp3) is 0.250. The molecule has 0 fully saturated rings. The number of aliphatic carboxylic acids is 1. The van der Waals surface area contributed by atoms with Gasteiger partial charge in [0.05, 0.1) is 0 Å². The monoisotopic (exact) mass is 203 g/mol. The molecule has 15 heavy (non-hydrogen) atoms. The van der Waals surface area contributed by atoms with Gasteiger partial charge in [0, 0.05) is 25.4 Å². The predicted octanol–water partition coefficient (Wildman–Crippen LogP) is 1.78. The number of fused-ring (bicyclic) bond motifs is 1. The van der Waals surface area contributed by atoms with Crippen LogP contribution < -0.4 is 4.90 Å². The van der Waals surface area contributed by atoms with Gasteiger partial charge in [-0.05, 0) is 35.8 Å². The molecule has 0 radical (unpaired) electrons. The third-order valence-corrected chi connectivity index (χ3v) is 2.65. The van der Waals surface area contributed by atoms with E-state index in [9.17, 15) is 4.79 Å². The van der Waals surface area contributed by atoms with Crippen molar-refractivity contribution in [2.24, 2.45) is 0 Å². The molecule has 3 nitrogen and oxygen atoms in total. The molecule has 2 rings (SSSR count). The van der Waals surface area contributed by atoms with E-state index in [2.05, 4.69) is 18.0 Å². The van der Waals surface area contributed by atoms with E-state index in [1.54, 1.807) is 6.08 Å². The van der Waals surface area contributed by atoms with Gasteiger partial charge >= 0.3 is 5.97 Å². The van der Waals surface area contributed by atoms with Gasteiger partial charge < -0.3 is 10.0 Å². The molecule has 0 aliphatic carbocycles. The lowest BCUT2D eigenvalue weighted by atomic mass is 10.1. The molecule has 3 heteroatoms. The van der Waals surface area contributed by atoms with Crippen molar-refractivity contribution in [3.63, 3.8) is 0 Å². The van der Waals surface area contributed by atoms with Crippen LogP contribution in [0.15, 0.2) is 24.3 Å². The Morgan fingerprint density at radius 1 is 1.53 bits per heavy atom. The number of hydrogen-bond donors (Lipinski definition) is 1. The zero-order valence-electron chi connectivity index (χ0n) is 8.60. The Morgan fingerprint density at radius 2 is 2.33 bits per heavy atom. The minimum atomic E-state index is -0.910. The van der Waals surface area contributed by atoms with E-state index in [1.165, 1.54) is 17.3 Å². The smallest absolute Gasteiger partial charge is 0.328 e. The van der Waals surface area contributed by atoms with Crippen LogP contribution in [0.1, 0.15) is 11.1 Å². The van der Waals surface area contributed by atoms with Gasteiger partial charge in [-0.2, -0.15) is 0 Å². The van der Waals surface area contributed by atoms with Gasteiger partial charge in [-0.15, -0.1) is 0 Å². The van der Waals surface area contributed by atoms with Gasteiger partial charge in [0.15, 0.2) is 0 Å². The van der Waals surface area contributed by atoms with Crippen LogP contribution in [-0.2, 0) is 11.2 Å². The maximum absolute atomic E-state index is 10.4. The normalized spacial score (nSPS) is 14.6. The number of carbonyl (C=O) groups is 1. The van der Waals surface area contributed by atoms with Crippen molar-refractivity contribution >= 4 is 17.7 Å². The molecule has 78 valence electrons. The third-order valence-electron chi connectivity index (χ3n) is 2.65. The number of nitrogens with zero attached hydrogens (tertiary/aromatic N) is 1. The molecule has 1 aliphatic heterocycles. The van der Waals surface area contributed by atoms with Crippen LogP contribution >= 0.6 is 0 Å². The maximum atomic E-state index is 10.4. The van der Waals surface area contributed by atoms with Gasteiger partial charge in [0.25, 0.3) is 0 Å². The summed E-state index contributed by atoms with van der Waals surface area (Å²) >= 11 is 0. The lowest BCUT2D eigenvalue weighted by Crippen LogP contribution is -2.12. The van der Waals surface area contributed by atoms with E-state index in [0.717, 1.165) is 18.5 Å². The Bertz CT molecular complexity index is 424. The Morgan fingerprint density at radius 3 is 3.07 bits per heavy atom. The largest absolute Gasteiger partial charge is 0.478 e. The van der Waals surface area contributed by atoms with Crippen molar-refractivity contribution in [3.05, 3.63) is 35.4 Å². The molecule has 1 heterocycles. The summed E-state index contributed by atoms with van der Waals surface area (Å²) < 4.78 is 0. The lowest BCUT2D eigenvalue weighted by Gasteiger charge is -2.11. The van der Waals surface area contributed by atoms with E-state index in [4.69, 9.17) is 5.11 Å². The molecular weight excluding hydrogens is 190 g/mol. The summed E-state index contributed by atoms with van der Waals surface area (Å²) in [5, 5.41) is 8.52. The number of carboxylic acid groups (broad SMARTS) is 1. The molecule has 0 unspecified atom stereocenters. The number of carboxylic acids is 1. The average molecular weight is 203 g/mol. The first-order valence-corrected chi connectivity index (χ1v) is 4.92. The minimum Gasteiger partial charge on any atom is -0.478 e. The number of rotatable bonds is 2. The summed E-state index contributed by atoms with van der Waals surface area (Å²) in [5.41, 5.74) is 3.50. The van der Waals surface area contributed by atoms with Crippen molar-refractivity contribution in [2.45, 2.75) is 6.42 Å². The first kappa shape index (κ1) is 9.77. The Balaban J connectivity index is 2.27. The highest BCUT2D eigenvalue weighted by atomic mass is 16.4. The van der Waals surface area contributed by atoms with E-state index in [0.29, 0.717) is 0 Å². The summed E-state index contributed by atoms with van der Waals surface area (Å²) in [6.45, 7) is 1.04. The Hall–Kier alpha value is -1.77. The van der Waals surface area contributed by atoms with E-state index >= 15 is 0 Å². The Kier molecular flexibility index (Phi) is 2.46. The lowest BCUT2D eigenvalue weighted by molar-refractivity contribution is -0.131. The van der Waals surface area contributed by atoms with E-state index in [-0.39, 0.29) is 0 Å². The summed E-state index contributed by atoms with van der Waals surface area (Å²) in [6, 6.07) is 6.04. The molecule has 1 N–H and O–H groups in total. The van der Waals surface area contributed by atoms with Crippen molar-refractivity contribution in [1.29, 1.82) is 0 Å². The molecule has 0 saturated heterocycles. The molecule has 1 aliphatic rings. The van der Waals surface area contributed by atoms with Crippen LogP contribution in [0.4, 0.5) is 5.69 Å². The molecular formula is C12H13NO2. The molecule has 1 aromatic rings. The van der Waals surface area contributed by atoms with Crippen LogP contribution in [0.5, 0.6) is 0 Å². The highest BCUT2D eigenvalue weighted by Gasteiger charge is 2.14. The van der Waals surface area contributed by atoms with Crippen LogP contribution in [0.2, 0.25) is 0 Å². The highest BCUT2D eigenvalue weighted by Crippen LogP contribution is 2.27. The molecule has 1 aromatic carbocycles. The summed E-state index contributed by atoms with van der Waals surface area (Å²) in [7, 11) is 2.07. The first-order chi connectivity index (χ1) is 7.16. The van der Waals surface area contributed by atoms with Crippen LogP contribution in [0.25, 0.3) is 6.08 Å². The van der Waals surface area contributed by atoms with Crippen molar-refractivity contribution < 1.29 is 9.90 Å². The molecule has 0 atom stereocenters. The molecule has 0 bridgehead atoms. The van der Waals surface area contributed by atoms with Gasteiger partial charge in [0.1, 0.15) is 0 Å². The van der Waals surface area contributed by atoms with Gasteiger partial charge in [0.2, 0.25) is 0 Å². The average Bonchev–Trinajstić information content (AvgIpc) is 2.57. The van der Waals surface area contributed by atoms with Gasteiger partial charge in [-0.1, -0.05) is 6.07 Å². The fourth-order valence-electron chi connectivity index (χ4n) is 1.86. The van der Waals surface area contributed by atoms with Crippen molar-refractivity contribution in [3.8, 4) is 0 Å². The minimum absolute atomic E-state index is 0.910. The first-order valence-electron chi connectivity index (χ1n) is 4.92. The van der Waals surface area contributed by atoms with Crippen LogP contribution in [-0.4, -0.2) is 24.7 Å². The van der Waals surface area contributed by atoms with Crippen LogP contribution in [0.3, 0.4) is 0 Å². The van der Waals surface area contributed by atoms with Crippen LogP contribution in [0, 0.1) is 0 Å². The Labute approximate surface area is 88.6 Å². The van der Waals surface area contributed by atoms with Gasteiger partial charge in [-0.3, -0.25) is 0 Å². The van der Waals surface area contributed by atoms with Crippen molar-refractivity contribution in [2.75, 3.05) is 18.5 Å². The second-order valence-electron chi connectivity index (χ2n) is 3.73. The van der Waals surface area contributed by atoms with Crippen molar-refractivity contribution in [1.82, 2.24) is 0 Å². The molecule has 0 amide bonds. The molecule has 0 aromatic heterocycles. The van der Waals surface area contributed by atoms with Gasteiger partial charge in [-0.25, -0.2) is 4.79 Å². The highest BCUT2D eigenvalue weighted by molar-refractivity contribution is 5.85. The second kappa shape index (κ2) is 3.77. The topological polar surface area (TPSA) is 40.5 Å². The second-order valence-corrected chi connectivity index (χ2v) is 3.73. The SMILES string of the molecule is CN1CCc2cc(C=CC(=O)O)ccc21. The summed E-state index contributed by atoms with van der Waals surface area (Å²) in [6.07, 6.45) is 3.84. The zero-order valence-corrected chi connectivity index (χ0v) is 8.60.